The van der Waals surface area contributed by atoms with Gasteiger partial charge in [0.15, 0.2) is 6.10 Å². The molecule has 2 aromatic carbocycles. The van der Waals surface area contributed by atoms with E-state index in [1.54, 1.807) is 24.3 Å². The molecular formula is C28H29BrFN5O6. The molecule has 1 aliphatic carbocycles. The summed E-state index contributed by atoms with van der Waals surface area (Å²) in [5, 5.41) is 49.9. The predicted molar refractivity (Wildman–Crippen MR) is 147 cm³/mol. The molecule has 0 bridgehead atoms. The minimum absolute atomic E-state index is 0.307. The second-order valence-corrected chi connectivity index (χ2v) is 11.1. The van der Waals surface area contributed by atoms with Gasteiger partial charge in [-0.3, -0.25) is 4.79 Å². The molecule has 41 heavy (non-hydrogen) atoms. The number of hydrogen-bond acceptors (Lipinski definition) is 9. The van der Waals surface area contributed by atoms with Crippen LogP contribution >= 0.6 is 15.9 Å². The number of aromatic nitrogens is 3. The second kappa shape index (κ2) is 12.3. The molecule has 3 aromatic rings. The van der Waals surface area contributed by atoms with Crippen LogP contribution in [0.4, 0.5) is 10.1 Å². The van der Waals surface area contributed by atoms with Crippen LogP contribution in [0, 0.1) is 17.1 Å². The number of halogens is 2. The van der Waals surface area contributed by atoms with Gasteiger partial charge in [0.05, 0.1) is 36.6 Å². The van der Waals surface area contributed by atoms with Crippen molar-refractivity contribution in [2.45, 2.75) is 61.9 Å². The molecule has 3 N–H and O–H groups in total. The van der Waals surface area contributed by atoms with Gasteiger partial charge in [-0.1, -0.05) is 33.3 Å². The summed E-state index contributed by atoms with van der Waals surface area (Å²) in [6.07, 6.45) is -2.59. The molecule has 1 saturated carbocycles. The fraction of sp³-hybridized carbons (Fsp3) is 0.429. The fourth-order valence-corrected chi connectivity index (χ4v) is 6.16. The molecule has 1 amide bonds. The molecule has 2 heterocycles. The van der Waals surface area contributed by atoms with E-state index in [0.717, 1.165) is 0 Å². The summed E-state index contributed by atoms with van der Waals surface area (Å²) in [6.45, 7) is -0.606. The molecule has 11 nitrogen and oxygen atoms in total. The van der Waals surface area contributed by atoms with Crippen molar-refractivity contribution in [3.63, 3.8) is 0 Å². The average Bonchev–Trinajstić information content (AvgIpc) is 3.62. The van der Waals surface area contributed by atoms with Gasteiger partial charge in [0, 0.05) is 22.8 Å². The Kier molecular flexibility index (Phi) is 8.79. The van der Waals surface area contributed by atoms with E-state index >= 15 is 0 Å². The highest BCUT2D eigenvalue weighted by Gasteiger charge is 2.52. The standard InChI is InChI=1S/C28H29BrFN5O6/c1-40-26-24(34-13-20(32-33-34)16-4-2-5-18(30)10-16)25(38)23(14-36)41-27(26)28(39)35(21-6-3-7-22(21)37)19-9-15(12-31)8-17(29)11-19/h2,4-5,8-11,13,21-27,36-38H,3,6-7,14H2,1H3/t21-,22-,23?,24?,25?,26?,27?/m0/s1. The summed E-state index contributed by atoms with van der Waals surface area (Å²) in [5.41, 5.74) is 1.47. The van der Waals surface area contributed by atoms with Crippen LogP contribution in [-0.2, 0) is 14.3 Å². The van der Waals surface area contributed by atoms with Gasteiger partial charge >= 0.3 is 0 Å². The van der Waals surface area contributed by atoms with E-state index in [9.17, 15) is 29.8 Å². The summed E-state index contributed by atoms with van der Waals surface area (Å²) in [7, 11) is 1.36. The number of amides is 1. The number of rotatable bonds is 7. The first-order valence-electron chi connectivity index (χ1n) is 13.1. The van der Waals surface area contributed by atoms with Gasteiger partial charge < -0.3 is 29.7 Å². The van der Waals surface area contributed by atoms with Crippen LogP contribution in [0.25, 0.3) is 11.3 Å². The maximum atomic E-state index is 14.4. The smallest absolute Gasteiger partial charge is 0.259 e. The lowest BCUT2D eigenvalue weighted by atomic mass is 9.91. The Morgan fingerprint density at radius 1 is 1.29 bits per heavy atom. The van der Waals surface area contributed by atoms with Crippen molar-refractivity contribution >= 4 is 27.5 Å². The van der Waals surface area contributed by atoms with E-state index in [1.807, 2.05) is 0 Å². The van der Waals surface area contributed by atoms with Gasteiger partial charge in [-0.2, -0.15) is 5.26 Å². The molecule has 2 fully saturated rings. The van der Waals surface area contributed by atoms with Crippen LogP contribution in [0.1, 0.15) is 30.9 Å². The zero-order valence-electron chi connectivity index (χ0n) is 22.0. The monoisotopic (exact) mass is 629 g/mol. The molecule has 0 radical (unpaired) electrons. The van der Waals surface area contributed by atoms with E-state index in [0.29, 0.717) is 46.2 Å². The molecule has 13 heteroatoms. The Morgan fingerprint density at radius 3 is 2.76 bits per heavy atom. The van der Waals surface area contributed by atoms with Crippen molar-refractivity contribution in [3.05, 3.63) is 64.5 Å². The number of aliphatic hydroxyl groups excluding tert-OH is 3. The van der Waals surface area contributed by atoms with Crippen molar-refractivity contribution < 1.29 is 34.0 Å². The first-order valence-corrected chi connectivity index (χ1v) is 13.9. The number of benzene rings is 2. The Bertz CT molecular complexity index is 1450. The fourth-order valence-electron chi connectivity index (χ4n) is 5.68. The third-order valence-electron chi connectivity index (χ3n) is 7.62. The molecule has 5 unspecified atom stereocenters. The van der Waals surface area contributed by atoms with Crippen LogP contribution in [0.15, 0.2) is 53.1 Å². The van der Waals surface area contributed by atoms with Crippen molar-refractivity contribution in [1.82, 2.24) is 15.0 Å². The lowest BCUT2D eigenvalue weighted by Gasteiger charge is -2.45. The Morgan fingerprint density at radius 2 is 2.10 bits per heavy atom. The number of carbonyl (C=O) groups excluding carboxylic acids is 1. The SMILES string of the molecule is COC1C(C(=O)N(c2cc(Br)cc(C#N)c2)[C@H]2CCC[C@@H]2O)OC(CO)C(O)C1n1cc(-c2cccc(F)c2)nn1. The lowest BCUT2D eigenvalue weighted by molar-refractivity contribution is -0.211. The number of ether oxygens (including phenoxy) is 2. The minimum Gasteiger partial charge on any atom is -0.394 e. The number of hydrogen-bond donors (Lipinski definition) is 3. The number of anilines is 1. The lowest BCUT2D eigenvalue weighted by Crippen LogP contribution is -2.62. The third kappa shape index (κ3) is 5.76. The number of nitrogens with zero attached hydrogens (tertiary/aromatic N) is 5. The largest absolute Gasteiger partial charge is 0.394 e. The summed E-state index contributed by atoms with van der Waals surface area (Å²) in [5.74, 6) is -1.03. The first kappa shape index (κ1) is 29.2. The molecule has 0 spiro atoms. The van der Waals surface area contributed by atoms with Crippen LogP contribution in [0.3, 0.4) is 0 Å². The highest BCUT2D eigenvalue weighted by atomic mass is 79.9. The maximum Gasteiger partial charge on any atom is 0.259 e. The maximum absolute atomic E-state index is 14.4. The van der Waals surface area contributed by atoms with Gasteiger partial charge in [0.2, 0.25) is 0 Å². The summed E-state index contributed by atoms with van der Waals surface area (Å²) < 4.78 is 27.4. The van der Waals surface area contributed by atoms with Gasteiger partial charge in [-0.25, -0.2) is 9.07 Å². The van der Waals surface area contributed by atoms with E-state index in [4.69, 9.17) is 9.47 Å². The normalized spacial score (nSPS) is 27.9. The Labute approximate surface area is 243 Å². The van der Waals surface area contributed by atoms with E-state index < -0.39 is 60.9 Å². The van der Waals surface area contributed by atoms with Crippen LogP contribution in [0.2, 0.25) is 0 Å². The number of aliphatic hydroxyl groups is 3. The highest BCUT2D eigenvalue weighted by Crippen LogP contribution is 2.37. The average molecular weight is 630 g/mol. The molecule has 5 rings (SSSR count). The molecule has 1 aliphatic heterocycles. The summed E-state index contributed by atoms with van der Waals surface area (Å²) in [6, 6.07) is 11.1. The van der Waals surface area contributed by atoms with Crippen molar-refractivity contribution in [3.8, 4) is 17.3 Å². The van der Waals surface area contributed by atoms with Gasteiger partial charge in [0.1, 0.15) is 35.9 Å². The van der Waals surface area contributed by atoms with Crippen molar-refractivity contribution in [2.24, 2.45) is 0 Å². The first-order chi connectivity index (χ1) is 19.7. The van der Waals surface area contributed by atoms with Crippen molar-refractivity contribution in [1.29, 1.82) is 5.26 Å². The molecule has 2 aliphatic rings. The molecule has 1 saturated heterocycles. The zero-order chi connectivity index (χ0) is 29.3. The van der Waals surface area contributed by atoms with Crippen molar-refractivity contribution in [2.75, 3.05) is 18.6 Å². The zero-order valence-corrected chi connectivity index (χ0v) is 23.6. The number of carbonyl (C=O) groups is 1. The minimum atomic E-state index is -1.35. The Hall–Kier alpha value is -3.25. The second-order valence-electron chi connectivity index (χ2n) is 10.1. The number of methoxy groups -OCH3 is 1. The topological polar surface area (TPSA) is 154 Å². The molecular weight excluding hydrogens is 601 g/mol. The summed E-state index contributed by atoms with van der Waals surface area (Å²) >= 11 is 3.40. The molecule has 1 aromatic heterocycles. The number of nitriles is 1. The third-order valence-corrected chi connectivity index (χ3v) is 8.08. The highest BCUT2D eigenvalue weighted by molar-refractivity contribution is 9.10. The molecule has 7 atom stereocenters. The summed E-state index contributed by atoms with van der Waals surface area (Å²) in [4.78, 5) is 15.8. The van der Waals surface area contributed by atoms with Crippen LogP contribution < -0.4 is 4.90 Å². The molecule has 216 valence electrons. The van der Waals surface area contributed by atoms with Gasteiger partial charge in [-0.15, -0.1) is 5.10 Å². The quantitative estimate of drug-likeness (QED) is 0.357. The van der Waals surface area contributed by atoms with Gasteiger partial charge in [0.25, 0.3) is 5.91 Å². The van der Waals surface area contributed by atoms with Crippen LogP contribution in [0.5, 0.6) is 0 Å². The van der Waals surface area contributed by atoms with Crippen LogP contribution in [-0.4, -0.2) is 86.5 Å². The Balaban J connectivity index is 1.55. The van der Waals surface area contributed by atoms with E-state index in [1.165, 1.54) is 41.1 Å². The predicted octanol–water partition coefficient (Wildman–Crippen LogP) is 2.34. The van der Waals surface area contributed by atoms with E-state index in [2.05, 4.69) is 32.3 Å². The van der Waals surface area contributed by atoms with E-state index in [-0.39, 0.29) is 0 Å². The van der Waals surface area contributed by atoms with Gasteiger partial charge in [-0.05, 0) is 49.6 Å².